The molecule has 0 aromatic heterocycles. The quantitative estimate of drug-likeness (QED) is 0.294. The summed E-state index contributed by atoms with van der Waals surface area (Å²) < 4.78 is 5.86. The number of benzene rings is 2. The fourth-order valence-electron chi connectivity index (χ4n) is 5.56. The largest absolute Gasteiger partial charge is 0.460 e. The summed E-state index contributed by atoms with van der Waals surface area (Å²) in [6.07, 6.45) is 1.18. The number of hydrogen-bond acceptors (Lipinski definition) is 6. The lowest BCUT2D eigenvalue weighted by Gasteiger charge is -2.29. The second kappa shape index (κ2) is 18.1. The molecule has 4 N–H and O–H groups in total. The van der Waals surface area contributed by atoms with Crippen LogP contribution in [-0.4, -0.2) is 59.9 Å². The molecule has 0 spiro atoms. The Balaban J connectivity index is 2.03. The monoisotopic (exact) mass is 634 g/mol. The van der Waals surface area contributed by atoms with Gasteiger partial charge in [-0.25, -0.2) is 4.79 Å². The van der Waals surface area contributed by atoms with Crippen LogP contribution in [0, 0.1) is 11.8 Å². The van der Waals surface area contributed by atoms with E-state index in [2.05, 4.69) is 21.3 Å². The predicted octanol–water partition coefficient (Wildman–Crippen LogP) is 3.62. The van der Waals surface area contributed by atoms with E-state index < -0.39 is 59.9 Å². The van der Waals surface area contributed by atoms with E-state index in [1.54, 1.807) is 0 Å². The van der Waals surface area contributed by atoms with Gasteiger partial charge in [0.05, 0.1) is 6.42 Å². The van der Waals surface area contributed by atoms with Crippen molar-refractivity contribution in [3.8, 4) is 0 Å². The van der Waals surface area contributed by atoms with Crippen LogP contribution in [-0.2, 0) is 41.6 Å². The van der Waals surface area contributed by atoms with Crippen molar-refractivity contribution in [2.24, 2.45) is 11.8 Å². The normalized spacial score (nSPS) is 23.7. The standard InChI is InChI=1S/C36H50N4O6/c1-6-13-27-22-32(41)37-28(18-23(2)3)33(42)39-30(20-25-14-9-7-10-15-25)35(44)38-29(19-24(4)5)34(43)40-31(36(45)46-27)21-26-16-11-8-12-17-26/h7-12,14-17,23-24,27-31H,6,13,18-22H2,1-5H3,(H,37,41)(H,38,44)(H,39,42)(H,40,43)/t27?,28?,29?,30-,31?/m0/s1. The summed E-state index contributed by atoms with van der Waals surface area (Å²) in [6, 6.07) is 14.6. The molecule has 1 heterocycles. The molecule has 1 fully saturated rings. The Kier molecular flexibility index (Phi) is 14.2. The lowest BCUT2D eigenvalue weighted by Crippen LogP contribution is -2.59. The third kappa shape index (κ3) is 11.9. The highest BCUT2D eigenvalue weighted by Gasteiger charge is 2.34. The molecule has 0 aliphatic carbocycles. The first-order chi connectivity index (χ1) is 21.9. The van der Waals surface area contributed by atoms with Gasteiger partial charge in [0.2, 0.25) is 23.6 Å². The van der Waals surface area contributed by atoms with E-state index in [-0.39, 0.29) is 31.1 Å². The van der Waals surface area contributed by atoms with Crippen molar-refractivity contribution in [1.29, 1.82) is 0 Å². The number of rotatable bonds is 10. The summed E-state index contributed by atoms with van der Waals surface area (Å²) in [4.78, 5) is 68.2. The fraction of sp³-hybridized carbons (Fsp3) is 0.528. The van der Waals surface area contributed by atoms with E-state index in [9.17, 15) is 24.0 Å². The summed E-state index contributed by atoms with van der Waals surface area (Å²) in [6.45, 7) is 9.68. The highest BCUT2D eigenvalue weighted by atomic mass is 16.5. The van der Waals surface area contributed by atoms with Gasteiger partial charge in [-0.1, -0.05) is 102 Å². The summed E-state index contributed by atoms with van der Waals surface area (Å²) in [5.41, 5.74) is 1.63. The van der Waals surface area contributed by atoms with Crippen molar-refractivity contribution in [1.82, 2.24) is 21.3 Å². The SMILES string of the molecule is CCCC1CC(=O)NC(CC(C)C)C(=O)N[C@@H](Cc2ccccc2)C(=O)NC(CC(C)C)C(=O)NC(Cc2ccccc2)C(=O)O1. The third-order valence-corrected chi connectivity index (χ3v) is 7.80. The van der Waals surface area contributed by atoms with Gasteiger partial charge >= 0.3 is 5.97 Å². The molecule has 1 aliphatic heterocycles. The number of carbonyl (C=O) groups is 5. The molecule has 2 aromatic rings. The van der Waals surface area contributed by atoms with Crippen LogP contribution in [0.2, 0.25) is 0 Å². The summed E-state index contributed by atoms with van der Waals surface area (Å²) in [5, 5.41) is 11.4. The van der Waals surface area contributed by atoms with Gasteiger partial charge in [0.1, 0.15) is 30.3 Å². The Morgan fingerprint density at radius 3 is 1.57 bits per heavy atom. The van der Waals surface area contributed by atoms with Gasteiger partial charge in [0.25, 0.3) is 0 Å². The molecule has 0 saturated carbocycles. The number of ether oxygens (including phenoxy) is 1. The molecule has 0 bridgehead atoms. The van der Waals surface area contributed by atoms with Crippen molar-refractivity contribution in [3.05, 3.63) is 71.8 Å². The van der Waals surface area contributed by atoms with Crippen molar-refractivity contribution < 1.29 is 28.7 Å². The number of carbonyl (C=O) groups excluding carboxylic acids is 5. The lowest BCUT2D eigenvalue weighted by atomic mass is 9.99. The molecule has 46 heavy (non-hydrogen) atoms. The van der Waals surface area contributed by atoms with E-state index >= 15 is 0 Å². The van der Waals surface area contributed by atoms with Crippen molar-refractivity contribution in [3.63, 3.8) is 0 Å². The Bertz CT molecular complexity index is 1300. The molecule has 4 unspecified atom stereocenters. The minimum absolute atomic E-state index is 0.0305. The Morgan fingerprint density at radius 2 is 1.07 bits per heavy atom. The highest BCUT2D eigenvalue weighted by molar-refractivity contribution is 5.95. The second-order valence-corrected chi connectivity index (χ2v) is 13.0. The average Bonchev–Trinajstić information content (AvgIpc) is 2.99. The smallest absolute Gasteiger partial charge is 0.329 e. The number of amides is 4. The van der Waals surface area contributed by atoms with Crippen LogP contribution in [0.25, 0.3) is 0 Å². The summed E-state index contributed by atoms with van der Waals surface area (Å²) in [7, 11) is 0. The van der Waals surface area contributed by atoms with E-state index in [4.69, 9.17) is 4.74 Å². The molecule has 1 aliphatic rings. The van der Waals surface area contributed by atoms with Gasteiger partial charge in [-0.3, -0.25) is 19.2 Å². The van der Waals surface area contributed by atoms with Gasteiger partial charge < -0.3 is 26.0 Å². The minimum atomic E-state index is -1.05. The molecular formula is C36H50N4O6. The van der Waals surface area contributed by atoms with E-state index in [1.807, 2.05) is 95.3 Å². The number of nitrogens with one attached hydrogen (secondary N) is 4. The molecule has 2 aromatic carbocycles. The third-order valence-electron chi connectivity index (χ3n) is 7.80. The fourth-order valence-corrected chi connectivity index (χ4v) is 5.56. The topological polar surface area (TPSA) is 143 Å². The number of cyclic esters (lactones) is 1. The Hall–Kier alpha value is -4.21. The van der Waals surface area contributed by atoms with Crippen LogP contribution >= 0.6 is 0 Å². The minimum Gasteiger partial charge on any atom is -0.460 e. The first-order valence-electron chi connectivity index (χ1n) is 16.4. The van der Waals surface area contributed by atoms with E-state index in [0.29, 0.717) is 25.7 Å². The molecule has 10 nitrogen and oxygen atoms in total. The molecule has 4 amide bonds. The summed E-state index contributed by atoms with van der Waals surface area (Å²) in [5.74, 6) is -2.58. The van der Waals surface area contributed by atoms with Gasteiger partial charge in [0, 0.05) is 12.8 Å². The maximum absolute atomic E-state index is 13.9. The lowest BCUT2D eigenvalue weighted by molar-refractivity contribution is -0.155. The zero-order valence-corrected chi connectivity index (χ0v) is 27.7. The van der Waals surface area contributed by atoms with Gasteiger partial charge in [-0.15, -0.1) is 0 Å². The zero-order chi connectivity index (χ0) is 33.6. The molecule has 5 atom stereocenters. The average molecular weight is 635 g/mol. The first kappa shape index (κ1) is 36.3. The van der Waals surface area contributed by atoms with E-state index in [0.717, 1.165) is 11.1 Å². The van der Waals surface area contributed by atoms with Crippen LogP contribution in [0.15, 0.2) is 60.7 Å². The first-order valence-corrected chi connectivity index (χ1v) is 16.4. The van der Waals surface area contributed by atoms with Gasteiger partial charge in [-0.2, -0.15) is 0 Å². The van der Waals surface area contributed by atoms with Crippen LogP contribution in [0.4, 0.5) is 0 Å². The van der Waals surface area contributed by atoms with Crippen LogP contribution < -0.4 is 21.3 Å². The Morgan fingerprint density at radius 1 is 0.630 bits per heavy atom. The van der Waals surface area contributed by atoms with Gasteiger partial charge in [0.15, 0.2) is 0 Å². The second-order valence-electron chi connectivity index (χ2n) is 13.0. The van der Waals surface area contributed by atoms with Crippen molar-refractivity contribution in [2.75, 3.05) is 0 Å². The van der Waals surface area contributed by atoms with Crippen LogP contribution in [0.1, 0.15) is 77.8 Å². The summed E-state index contributed by atoms with van der Waals surface area (Å²) >= 11 is 0. The predicted molar refractivity (Wildman–Crippen MR) is 176 cm³/mol. The van der Waals surface area contributed by atoms with Crippen LogP contribution in [0.5, 0.6) is 0 Å². The molecular weight excluding hydrogens is 584 g/mol. The highest BCUT2D eigenvalue weighted by Crippen LogP contribution is 2.15. The number of hydrogen-bond donors (Lipinski definition) is 4. The molecule has 10 heteroatoms. The molecule has 0 radical (unpaired) electrons. The zero-order valence-electron chi connectivity index (χ0n) is 27.7. The molecule has 250 valence electrons. The Labute approximate surface area is 272 Å². The van der Waals surface area contributed by atoms with Crippen LogP contribution in [0.3, 0.4) is 0 Å². The number of esters is 1. The molecule has 1 saturated heterocycles. The van der Waals surface area contributed by atoms with Crippen molar-refractivity contribution in [2.45, 2.75) is 110 Å². The maximum Gasteiger partial charge on any atom is 0.329 e. The maximum atomic E-state index is 13.9. The van der Waals surface area contributed by atoms with Gasteiger partial charge in [-0.05, 0) is 42.2 Å². The van der Waals surface area contributed by atoms with Crippen molar-refractivity contribution >= 4 is 29.6 Å². The van der Waals surface area contributed by atoms with E-state index in [1.165, 1.54) is 0 Å². The molecule has 3 rings (SSSR count).